The molecule has 0 aliphatic carbocycles. The van der Waals surface area contributed by atoms with Crippen molar-refractivity contribution in [1.29, 1.82) is 0 Å². The molecule has 3 aliphatic heterocycles. The van der Waals surface area contributed by atoms with Crippen LogP contribution in [0, 0.1) is 11.8 Å². The van der Waals surface area contributed by atoms with Gasteiger partial charge in [-0.1, -0.05) is 6.08 Å². The molecule has 1 aromatic heterocycles. The molecule has 24 heavy (non-hydrogen) atoms. The summed E-state index contributed by atoms with van der Waals surface area (Å²) in [6.45, 7) is 6.07. The zero-order valence-corrected chi connectivity index (χ0v) is 14.1. The van der Waals surface area contributed by atoms with E-state index in [-0.39, 0.29) is 6.04 Å². The Labute approximate surface area is 142 Å². The number of aliphatic hydroxyl groups is 1. The first-order valence-electron chi connectivity index (χ1n) is 8.68. The summed E-state index contributed by atoms with van der Waals surface area (Å²) in [5.41, 5.74) is 1.85. The molecule has 1 N–H and O–H groups in total. The Morgan fingerprint density at radius 3 is 3.00 bits per heavy atom. The van der Waals surface area contributed by atoms with Gasteiger partial charge in [-0.15, -0.1) is 6.58 Å². The van der Waals surface area contributed by atoms with E-state index in [0.717, 1.165) is 41.7 Å². The van der Waals surface area contributed by atoms with E-state index in [2.05, 4.69) is 22.5 Å². The first-order valence-corrected chi connectivity index (χ1v) is 8.68. The lowest BCUT2D eigenvalue weighted by Gasteiger charge is -2.50. The Balaban J connectivity index is 1.69. The second-order valence-electron chi connectivity index (χ2n) is 6.97. The number of hydrogen-bond acceptors (Lipinski definition) is 4. The molecule has 4 heterocycles. The summed E-state index contributed by atoms with van der Waals surface area (Å²) >= 11 is 0. The third-order valence-electron chi connectivity index (χ3n) is 5.82. The Kier molecular flexibility index (Phi) is 4.02. The normalized spacial score (nSPS) is 30.2. The highest BCUT2D eigenvalue weighted by molar-refractivity contribution is 5.83. The number of aliphatic hydroxyl groups excluding tert-OH is 1. The standard InChI is InChI=1S/C20H24N2O2/c1-3-13-12-22-9-7-14(13)10-19(22)20(23)16-6-8-21-18-5-4-15(24-2)11-17(16)18/h3-6,8,11,13-14,19-20,23H,1,7,9-10,12H2,2H3/t13-,14+,19+,20+/m1/s1. The van der Waals surface area contributed by atoms with Crippen molar-refractivity contribution in [3.8, 4) is 5.75 Å². The van der Waals surface area contributed by atoms with Crippen molar-refractivity contribution in [3.63, 3.8) is 0 Å². The van der Waals surface area contributed by atoms with Gasteiger partial charge in [0.1, 0.15) is 5.75 Å². The Morgan fingerprint density at radius 2 is 2.29 bits per heavy atom. The van der Waals surface area contributed by atoms with Gasteiger partial charge in [-0.05, 0) is 61.1 Å². The number of hydrogen-bond donors (Lipinski definition) is 1. The number of ether oxygens (including phenoxy) is 1. The molecule has 4 nitrogen and oxygen atoms in total. The molecular formula is C20H24N2O2. The second kappa shape index (κ2) is 6.19. The molecule has 0 radical (unpaired) electrons. The quantitative estimate of drug-likeness (QED) is 0.878. The highest BCUT2D eigenvalue weighted by Crippen LogP contribution is 2.42. The van der Waals surface area contributed by atoms with Crippen LogP contribution in [0.1, 0.15) is 24.5 Å². The van der Waals surface area contributed by atoms with E-state index in [4.69, 9.17) is 4.74 Å². The summed E-state index contributed by atoms with van der Waals surface area (Å²) in [6, 6.07) is 7.96. The van der Waals surface area contributed by atoms with Gasteiger partial charge in [0, 0.05) is 24.2 Å². The smallest absolute Gasteiger partial charge is 0.119 e. The van der Waals surface area contributed by atoms with Gasteiger partial charge in [0.05, 0.1) is 18.7 Å². The number of aromatic nitrogens is 1. The van der Waals surface area contributed by atoms with Gasteiger partial charge < -0.3 is 9.84 Å². The number of piperidine rings is 3. The predicted molar refractivity (Wildman–Crippen MR) is 95.0 cm³/mol. The van der Waals surface area contributed by atoms with Crippen LogP contribution in [0.25, 0.3) is 10.9 Å². The fourth-order valence-electron chi connectivity index (χ4n) is 4.44. The lowest BCUT2D eigenvalue weighted by molar-refractivity contribution is -0.0444. The zero-order chi connectivity index (χ0) is 16.7. The summed E-state index contributed by atoms with van der Waals surface area (Å²) in [7, 11) is 1.66. The molecule has 0 spiro atoms. The average Bonchev–Trinajstić information content (AvgIpc) is 2.66. The fraction of sp³-hybridized carbons (Fsp3) is 0.450. The van der Waals surface area contributed by atoms with E-state index in [1.54, 1.807) is 13.3 Å². The van der Waals surface area contributed by atoms with Crippen molar-refractivity contribution < 1.29 is 9.84 Å². The maximum atomic E-state index is 11.2. The van der Waals surface area contributed by atoms with Crippen LogP contribution in [-0.2, 0) is 0 Å². The number of pyridine rings is 1. The molecule has 2 bridgehead atoms. The van der Waals surface area contributed by atoms with Gasteiger partial charge in [-0.3, -0.25) is 9.88 Å². The monoisotopic (exact) mass is 324 g/mol. The molecule has 3 fully saturated rings. The molecule has 0 saturated carbocycles. The van der Waals surface area contributed by atoms with E-state index in [1.807, 2.05) is 24.3 Å². The molecule has 5 rings (SSSR count). The molecule has 1 aromatic carbocycles. The number of benzene rings is 1. The number of fused-ring (bicyclic) bond motifs is 4. The van der Waals surface area contributed by atoms with Crippen molar-refractivity contribution in [2.75, 3.05) is 20.2 Å². The average molecular weight is 324 g/mol. The van der Waals surface area contributed by atoms with Crippen LogP contribution in [0.2, 0.25) is 0 Å². The lowest BCUT2D eigenvalue weighted by Crippen LogP contribution is -2.54. The highest BCUT2D eigenvalue weighted by Gasteiger charge is 2.42. The van der Waals surface area contributed by atoms with Crippen LogP contribution in [0.3, 0.4) is 0 Å². The first kappa shape index (κ1) is 15.6. The number of nitrogens with zero attached hydrogens (tertiary/aromatic N) is 2. The lowest BCUT2D eigenvalue weighted by atomic mass is 9.73. The minimum Gasteiger partial charge on any atom is -0.497 e. The van der Waals surface area contributed by atoms with Gasteiger partial charge in [-0.25, -0.2) is 0 Å². The Morgan fingerprint density at radius 1 is 1.42 bits per heavy atom. The fourth-order valence-corrected chi connectivity index (χ4v) is 4.44. The van der Waals surface area contributed by atoms with E-state index in [0.29, 0.717) is 11.8 Å². The SMILES string of the molecule is C=C[C@@H]1CN2CC[C@H]1C[C@H]2[C@@H](O)c1ccnc2ccc(OC)cc12. The van der Waals surface area contributed by atoms with Crippen molar-refractivity contribution in [2.45, 2.75) is 25.0 Å². The first-order chi connectivity index (χ1) is 11.7. The van der Waals surface area contributed by atoms with Crippen molar-refractivity contribution in [1.82, 2.24) is 9.88 Å². The van der Waals surface area contributed by atoms with E-state index < -0.39 is 6.10 Å². The summed E-state index contributed by atoms with van der Waals surface area (Å²) in [4.78, 5) is 6.86. The number of methoxy groups -OCH3 is 1. The third-order valence-corrected chi connectivity index (χ3v) is 5.82. The van der Waals surface area contributed by atoms with Crippen LogP contribution in [-0.4, -0.2) is 41.2 Å². The Bertz CT molecular complexity index is 760. The van der Waals surface area contributed by atoms with Crippen molar-refractivity contribution in [3.05, 3.63) is 48.7 Å². The molecule has 126 valence electrons. The molecule has 2 aromatic rings. The van der Waals surface area contributed by atoms with Gasteiger partial charge in [-0.2, -0.15) is 0 Å². The van der Waals surface area contributed by atoms with Crippen LogP contribution >= 0.6 is 0 Å². The minimum atomic E-state index is -0.504. The van der Waals surface area contributed by atoms with Crippen molar-refractivity contribution in [2.24, 2.45) is 11.8 Å². The molecule has 3 saturated heterocycles. The third kappa shape index (κ3) is 2.50. The van der Waals surface area contributed by atoms with E-state index in [1.165, 1.54) is 6.42 Å². The zero-order valence-electron chi connectivity index (χ0n) is 14.1. The van der Waals surface area contributed by atoms with Gasteiger partial charge >= 0.3 is 0 Å². The van der Waals surface area contributed by atoms with E-state index >= 15 is 0 Å². The van der Waals surface area contributed by atoms with Crippen LogP contribution in [0.4, 0.5) is 0 Å². The van der Waals surface area contributed by atoms with Gasteiger partial charge in [0.15, 0.2) is 0 Å². The largest absolute Gasteiger partial charge is 0.497 e. The summed E-state index contributed by atoms with van der Waals surface area (Å²) in [5, 5.41) is 12.1. The summed E-state index contributed by atoms with van der Waals surface area (Å²) in [5.74, 6) is 2.01. The maximum Gasteiger partial charge on any atom is 0.119 e. The van der Waals surface area contributed by atoms with Crippen molar-refractivity contribution >= 4 is 10.9 Å². The molecule has 1 unspecified atom stereocenters. The summed E-state index contributed by atoms with van der Waals surface area (Å²) in [6.07, 6.45) is 5.62. The predicted octanol–water partition coefficient (Wildman–Crippen LogP) is 3.17. The summed E-state index contributed by atoms with van der Waals surface area (Å²) < 4.78 is 5.35. The molecular weight excluding hydrogens is 300 g/mol. The molecule has 3 aliphatic rings. The highest BCUT2D eigenvalue weighted by atomic mass is 16.5. The molecule has 0 amide bonds. The molecule has 5 atom stereocenters. The topological polar surface area (TPSA) is 45.6 Å². The van der Waals surface area contributed by atoms with Crippen LogP contribution in [0.15, 0.2) is 43.1 Å². The van der Waals surface area contributed by atoms with Crippen LogP contribution in [0.5, 0.6) is 5.75 Å². The minimum absolute atomic E-state index is 0.178. The number of rotatable bonds is 4. The van der Waals surface area contributed by atoms with Crippen LogP contribution < -0.4 is 4.74 Å². The maximum absolute atomic E-state index is 11.2. The van der Waals surface area contributed by atoms with Gasteiger partial charge in [0.25, 0.3) is 0 Å². The molecule has 4 heteroatoms. The second-order valence-corrected chi connectivity index (χ2v) is 6.97. The Hall–Kier alpha value is -1.91. The van der Waals surface area contributed by atoms with Gasteiger partial charge in [0.2, 0.25) is 0 Å². The van der Waals surface area contributed by atoms with E-state index in [9.17, 15) is 5.11 Å².